The van der Waals surface area contributed by atoms with Gasteiger partial charge in [-0.15, -0.1) is 10.2 Å². The third-order valence-corrected chi connectivity index (χ3v) is 4.03. The molecule has 1 heterocycles. The average molecular weight is 274 g/mol. The fourth-order valence-corrected chi connectivity index (χ4v) is 2.72. The summed E-state index contributed by atoms with van der Waals surface area (Å²) in [7, 11) is 0. The molecule has 3 nitrogen and oxygen atoms in total. The minimum Gasteiger partial charge on any atom is -0.382 e. The van der Waals surface area contributed by atoms with Gasteiger partial charge in [-0.05, 0) is 18.3 Å². The summed E-state index contributed by atoms with van der Waals surface area (Å²) in [4.78, 5) is 0. The first-order chi connectivity index (χ1) is 8.16. The third-order valence-electron chi connectivity index (χ3n) is 3.56. The molecule has 0 aromatic carbocycles. The van der Waals surface area contributed by atoms with Crippen LogP contribution in [0.2, 0.25) is 10.3 Å². The Morgan fingerprint density at radius 3 is 2.82 bits per heavy atom. The summed E-state index contributed by atoms with van der Waals surface area (Å²) in [5.74, 6) is 1.49. The molecule has 1 N–H and O–H groups in total. The summed E-state index contributed by atoms with van der Waals surface area (Å²) in [5.41, 5.74) is 0.782. The van der Waals surface area contributed by atoms with E-state index >= 15 is 0 Å². The molecule has 0 radical (unpaired) electrons. The second kappa shape index (κ2) is 5.87. The van der Waals surface area contributed by atoms with Crippen LogP contribution < -0.4 is 5.32 Å². The summed E-state index contributed by atoms with van der Waals surface area (Å²) in [5, 5.41) is 11.6. The van der Waals surface area contributed by atoms with Gasteiger partial charge >= 0.3 is 0 Å². The number of halogens is 2. The molecule has 0 aliphatic heterocycles. The SMILES string of the molecule is CC1CCCCC1CNc1cc(Cl)nnc1Cl. The molecule has 0 amide bonds. The van der Waals surface area contributed by atoms with Crippen LogP contribution in [0.25, 0.3) is 0 Å². The van der Waals surface area contributed by atoms with Gasteiger partial charge in [-0.25, -0.2) is 0 Å². The van der Waals surface area contributed by atoms with E-state index in [2.05, 4.69) is 22.4 Å². The molecule has 0 saturated heterocycles. The molecule has 0 bridgehead atoms. The first kappa shape index (κ1) is 12.9. The van der Waals surface area contributed by atoms with Crippen molar-refractivity contribution in [2.45, 2.75) is 32.6 Å². The molecular formula is C12H17Cl2N3. The van der Waals surface area contributed by atoms with Crippen LogP contribution in [0.1, 0.15) is 32.6 Å². The Morgan fingerprint density at radius 1 is 1.29 bits per heavy atom. The highest BCUT2D eigenvalue weighted by Crippen LogP contribution is 2.30. The van der Waals surface area contributed by atoms with Crippen LogP contribution in [-0.2, 0) is 0 Å². The van der Waals surface area contributed by atoms with E-state index in [1.165, 1.54) is 25.7 Å². The minimum atomic E-state index is 0.369. The van der Waals surface area contributed by atoms with Crippen molar-refractivity contribution >= 4 is 28.9 Å². The second-order valence-corrected chi connectivity index (χ2v) is 5.52. The first-order valence-corrected chi connectivity index (χ1v) is 6.85. The van der Waals surface area contributed by atoms with Gasteiger partial charge in [-0.2, -0.15) is 0 Å². The van der Waals surface area contributed by atoms with Gasteiger partial charge in [0.1, 0.15) is 0 Å². The number of rotatable bonds is 3. The largest absolute Gasteiger partial charge is 0.382 e. The molecule has 2 unspecified atom stereocenters. The van der Waals surface area contributed by atoms with Gasteiger partial charge in [-0.1, -0.05) is 49.4 Å². The Bertz CT molecular complexity index is 384. The van der Waals surface area contributed by atoms with Gasteiger partial charge in [0.15, 0.2) is 10.3 Å². The standard InChI is InChI=1S/C12H17Cl2N3/c1-8-4-2-3-5-9(8)7-15-10-6-11(13)16-17-12(10)14/h6,8-9H,2-5,7H2,1H3,(H,15,16). The molecule has 17 heavy (non-hydrogen) atoms. The van der Waals surface area contributed by atoms with Crippen LogP contribution in [0.4, 0.5) is 5.69 Å². The summed E-state index contributed by atoms with van der Waals surface area (Å²) in [6.45, 7) is 3.26. The predicted molar refractivity (Wildman–Crippen MR) is 71.7 cm³/mol. The molecule has 94 valence electrons. The Balaban J connectivity index is 1.94. The summed E-state index contributed by atoms with van der Waals surface area (Å²) >= 11 is 11.8. The molecule has 1 aliphatic carbocycles. The van der Waals surface area contributed by atoms with Crippen molar-refractivity contribution in [2.24, 2.45) is 11.8 Å². The van der Waals surface area contributed by atoms with Crippen molar-refractivity contribution < 1.29 is 0 Å². The second-order valence-electron chi connectivity index (χ2n) is 4.77. The maximum atomic E-state index is 5.96. The molecule has 1 aliphatic rings. The van der Waals surface area contributed by atoms with E-state index in [1.807, 2.05) is 0 Å². The normalized spacial score (nSPS) is 24.6. The molecule has 1 aromatic rings. The van der Waals surface area contributed by atoms with Gasteiger partial charge in [0.2, 0.25) is 0 Å². The first-order valence-electron chi connectivity index (χ1n) is 6.09. The summed E-state index contributed by atoms with van der Waals surface area (Å²) in [6, 6.07) is 1.73. The van der Waals surface area contributed by atoms with Crippen LogP contribution in [0.15, 0.2) is 6.07 Å². The van der Waals surface area contributed by atoms with Gasteiger partial charge in [0.05, 0.1) is 5.69 Å². The highest BCUT2D eigenvalue weighted by molar-refractivity contribution is 6.33. The van der Waals surface area contributed by atoms with Gasteiger partial charge in [0, 0.05) is 12.6 Å². The lowest BCUT2D eigenvalue weighted by atomic mass is 9.80. The fourth-order valence-electron chi connectivity index (χ4n) is 2.41. The van der Waals surface area contributed by atoms with Crippen LogP contribution >= 0.6 is 23.2 Å². The maximum Gasteiger partial charge on any atom is 0.174 e. The zero-order chi connectivity index (χ0) is 12.3. The van der Waals surface area contributed by atoms with Gasteiger partial charge < -0.3 is 5.32 Å². The quantitative estimate of drug-likeness (QED) is 0.904. The summed E-state index contributed by atoms with van der Waals surface area (Å²) < 4.78 is 0. The highest BCUT2D eigenvalue weighted by Gasteiger charge is 2.21. The predicted octanol–water partition coefficient (Wildman–Crippen LogP) is 4.02. The molecule has 0 spiro atoms. The molecule has 2 rings (SSSR count). The van der Waals surface area contributed by atoms with Crippen molar-refractivity contribution in [3.8, 4) is 0 Å². The van der Waals surface area contributed by atoms with E-state index in [4.69, 9.17) is 23.2 Å². The van der Waals surface area contributed by atoms with E-state index in [1.54, 1.807) is 6.07 Å². The Morgan fingerprint density at radius 2 is 2.06 bits per heavy atom. The third kappa shape index (κ3) is 3.46. The van der Waals surface area contributed by atoms with E-state index in [0.717, 1.165) is 18.2 Å². The molecular weight excluding hydrogens is 257 g/mol. The monoisotopic (exact) mass is 273 g/mol. The lowest BCUT2D eigenvalue weighted by molar-refractivity contribution is 0.268. The number of hydrogen-bond acceptors (Lipinski definition) is 3. The van der Waals surface area contributed by atoms with Crippen LogP contribution in [0.3, 0.4) is 0 Å². The van der Waals surface area contributed by atoms with Crippen molar-refractivity contribution in [2.75, 3.05) is 11.9 Å². The lowest BCUT2D eigenvalue weighted by Gasteiger charge is -2.29. The summed E-state index contributed by atoms with van der Waals surface area (Å²) in [6.07, 6.45) is 5.31. The zero-order valence-corrected chi connectivity index (χ0v) is 11.4. The Hall–Kier alpha value is -0.540. The molecule has 5 heteroatoms. The maximum absolute atomic E-state index is 5.96. The highest BCUT2D eigenvalue weighted by atomic mass is 35.5. The molecule has 2 atom stereocenters. The number of hydrogen-bond donors (Lipinski definition) is 1. The Kier molecular flexibility index (Phi) is 4.46. The fraction of sp³-hybridized carbons (Fsp3) is 0.667. The van der Waals surface area contributed by atoms with Crippen LogP contribution in [0.5, 0.6) is 0 Å². The van der Waals surface area contributed by atoms with Crippen molar-refractivity contribution in [3.63, 3.8) is 0 Å². The van der Waals surface area contributed by atoms with E-state index in [0.29, 0.717) is 16.2 Å². The van der Waals surface area contributed by atoms with Gasteiger partial charge in [0.25, 0.3) is 0 Å². The van der Waals surface area contributed by atoms with Crippen LogP contribution in [0, 0.1) is 11.8 Å². The van der Waals surface area contributed by atoms with E-state index in [9.17, 15) is 0 Å². The number of nitrogens with zero attached hydrogens (tertiary/aromatic N) is 2. The smallest absolute Gasteiger partial charge is 0.174 e. The minimum absolute atomic E-state index is 0.369. The van der Waals surface area contributed by atoms with Crippen molar-refractivity contribution in [3.05, 3.63) is 16.4 Å². The van der Waals surface area contributed by atoms with Crippen molar-refractivity contribution in [1.82, 2.24) is 10.2 Å². The number of nitrogens with one attached hydrogen (secondary N) is 1. The van der Waals surface area contributed by atoms with Crippen molar-refractivity contribution in [1.29, 1.82) is 0 Å². The van der Waals surface area contributed by atoms with E-state index in [-0.39, 0.29) is 0 Å². The lowest BCUT2D eigenvalue weighted by Crippen LogP contribution is -2.24. The van der Waals surface area contributed by atoms with Crippen LogP contribution in [-0.4, -0.2) is 16.7 Å². The number of aromatic nitrogens is 2. The molecule has 1 saturated carbocycles. The average Bonchev–Trinajstić information content (AvgIpc) is 2.32. The zero-order valence-electron chi connectivity index (χ0n) is 9.92. The van der Waals surface area contributed by atoms with Gasteiger partial charge in [-0.3, -0.25) is 0 Å². The number of anilines is 1. The molecule has 1 fully saturated rings. The van der Waals surface area contributed by atoms with E-state index < -0.39 is 0 Å². The topological polar surface area (TPSA) is 37.8 Å². The molecule has 1 aromatic heterocycles. The Labute approximate surface area is 112 Å².